The summed E-state index contributed by atoms with van der Waals surface area (Å²) in [4.78, 5) is 47.8. The lowest BCUT2D eigenvalue weighted by molar-refractivity contribution is -0.150. The number of nitrogens with zero attached hydrogens (tertiary/aromatic N) is 4. The molecule has 2 aliphatic heterocycles. The van der Waals surface area contributed by atoms with E-state index in [0.717, 1.165) is 30.8 Å². The quantitative estimate of drug-likeness (QED) is 0.238. The van der Waals surface area contributed by atoms with Gasteiger partial charge in [0.2, 0.25) is 11.5 Å². The van der Waals surface area contributed by atoms with E-state index < -0.39 is 29.2 Å². The van der Waals surface area contributed by atoms with E-state index in [1.54, 1.807) is 6.92 Å². The molecule has 31 heavy (non-hydrogen) atoms. The number of carboxylic acid groups (broad SMARTS) is 1. The van der Waals surface area contributed by atoms with Crippen molar-refractivity contribution in [1.29, 1.82) is 0 Å². The van der Waals surface area contributed by atoms with E-state index in [4.69, 9.17) is 10.6 Å². The number of nitrogens with one attached hydrogen (secondary N) is 1. The normalized spacial score (nSPS) is 25.7. The van der Waals surface area contributed by atoms with Gasteiger partial charge in [-0.1, -0.05) is 11.2 Å². The zero-order valence-electron chi connectivity index (χ0n) is 16.5. The molecule has 0 bridgehead atoms. The Morgan fingerprint density at radius 3 is 2.90 bits per heavy atom. The number of oxime groups is 1. The number of carboxylic acids is 1. The van der Waals surface area contributed by atoms with Gasteiger partial charge < -0.3 is 21.0 Å². The predicted molar refractivity (Wildman–Crippen MR) is 114 cm³/mol. The van der Waals surface area contributed by atoms with Gasteiger partial charge in [-0.25, -0.2) is 4.79 Å². The van der Waals surface area contributed by atoms with Crippen molar-refractivity contribution in [2.45, 2.75) is 43.7 Å². The largest absolute Gasteiger partial charge is 0.477 e. The van der Waals surface area contributed by atoms with Crippen molar-refractivity contribution >= 4 is 51.9 Å². The summed E-state index contributed by atoms with van der Waals surface area (Å²) in [5, 5.41) is 15.7. The molecule has 164 valence electrons. The number of allylic oxidation sites excluding steroid dienone is 1. The Bertz CT molecular complexity index is 1020. The molecule has 2 amide bonds. The number of amides is 2. The lowest BCUT2D eigenvalue weighted by Crippen LogP contribution is -2.71. The van der Waals surface area contributed by atoms with Crippen LogP contribution in [0.1, 0.15) is 32.0 Å². The number of β-lactam (4-membered cyclic amide) rings is 1. The van der Waals surface area contributed by atoms with Gasteiger partial charge in [0.1, 0.15) is 23.2 Å². The van der Waals surface area contributed by atoms with Crippen LogP contribution < -0.4 is 11.1 Å². The van der Waals surface area contributed by atoms with Crippen LogP contribution in [0.5, 0.6) is 0 Å². The minimum Gasteiger partial charge on any atom is -0.477 e. The highest BCUT2D eigenvalue weighted by molar-refractivity contribution is 8.00. The van der Waals surface area contributed by atoms with E-state index in [1.165, 1.54) is 16.7 Å². The summed E-state index contributed by atoms with van der Waals surface area (Å²) in [6, 6.07) is -0.893. The number of carbonyl (C=O) groups excluding carboxylic acids is 2. The van der Waals surface area contributed by atoms with Gasteiger partial charge >= 0.3 is 5.97 Å². The van der Waals surface area contributed by atoms with E-state index >= 15 is 0 Å². The number of hydrogen-bond donors (Lipinski definition) is 3. The van der Waals surface area contributed by atoms with Gasteiger partial charge in [0.25, 0.3) is 11.8 Å². The first-order chi connectivity index (χ1) is 14.9. The molecule has 0 saturated carbocycles. The molecular formula is C18H20N6O5S2. The molecule has 11 nitrogen and oxygen atoms in total. The van der Waals surface area contributed by atoms with Crippen LogP contribution in [0.4, 0.5) is 5.13 Å². The van der Waals surface area contributed by atoms with Crippen LogP contribution in [0.25, 0.3) is 0 Å². The van der Waals surface area contributed by atoms with Crippen molar-refractivity contribution in [2.24, 2.45) is 5.16 Å². The second-order valence-corrected chi connectivity index (χ2v) is 9.08. The first-order valence-corrected chi connectivity index (χ1v) is 11.4. The molecule has 1 aromatic heterocycles. The fourth-order valence-corrected chi connectivity index (χ4v) is 5.22. The Kier molecular flexibility index (Phi) is 5.96. The minimum atomic E-state index is -1.17. The van der Waals surface area contributed by atoms with Gasteiger partial charge in [-0.3, -0.25) is 14.5 Å². The zero-order chi connectivity index (χ0) is 22.1. The first-order valence-electron chi connectivity index (χ1n) is 9.55. The maximum Gasteiger partial charge on any atom is 0.352 e. The number of nitrogens with two attached hydrogens (primary N) is 1. The minimum absolute atomic E-state index is 0.00156. The summed E-state index contributed by atoms with van der Waals surface area (Å²) >= 11 is 2.29. The molecular weight excluding hydrogens is 444 g/mol. The number of fused-ring (bicyclic) bond motifs is 1. The van der Waals surface area contributed by atoms with Crippen LogP contribution in [0.15, 0.2) is 28.6 Å². The maximum atomic E-state index is 13.0. The summed E-state index contributed by atoms with van der Waals surface area (Å²) < 4.78 is 4.03. The van der Waals surface area contributed by atoms with E-state index in [9.17, 15) is 19.5 Å². The fourth-order valence-electron chi connectivity index (χ4n) is 3.49. The van der Waals surface area contributed by atoms with Crippen molar-refractivity contribution in [3.63, 3.8) is 0 Å². The number of anilines is 1. The fraction of sp³-hybridized carbons (Fsp3) is 0.444. The Labute approximate surface area is 185 Å². The topological polar surface area (TPSA) is 160 Å². The van der Waals surface area contributed by atoms with Crippen molar-refractivity contribution < 1.29 is 24.3 Å². The van der Waals surface area contributed by atoms with Crippen molar-refractivity contribution in [1.82, 2.24) is 19.6 Å². The van der Waals surface area contributed by atoms with E-state index in [2.05, 4.69) is 19.8 Å². The molecule has 1 saturated heterocycles. The van der Waals surface area contributed by atoms with E-state index in [1.807, 2.05) is 12.2 Å². The lowest BCUT2D eigenvalue weighted by Gasteiger charge is -2.49. The van der Waals surface area contributed by atoms with Crippen molar-refractivity contribution in [3.8, 4) is 0 Å². The molecule has 3 atom stereocenters. The smallest absolute Gasteiger partial charge is 0.352 e. The molecule has 1 aromatic rings. The molecule has 4 N–H and O–H groups in total. The number of rotatable bonds is 6. The highest BCUT2D eigenvalue weighted by atomic mass is 32.2. The third kappa shape index (κ3) is 4.14. The van der Waals surface area contributed by atoms with Crippen molar-refractivity contribution in [3.05, 3.63) is 29.2 Å². The highest BCUT2D eigenvalue weighted by Crippen LogP contribution is 2.40. The second kappa shape index (κ2) is 8.67. The number of thioether (sulfide) groups is 1. The van der Waals surface area contributed by atoms with Crippen LogP contribution in [0.2, 0.25) is 0 Å². The summed E-state index contributed by atoms with van der Waals surface area (Å²) in [7, 11) is 0. The van der Waals surface area contributed by atoms with Crippen LogP contribution in [-0.2, 0) is 19.2 Å². The highest BCUT2D eigenvalue weighted by Gasteiger charge is 2.54. The average Bonchev–Trinajstić information content (AvgIpc) is 3.18. The molecule has 3 heterocycles. The molecule has 1 aliphatic carbocycles. The van der Waals surface area contributed by atoms with Crippen LogP contribution in [-0.4, -0.2) is 66.1 Å². The zero-order valence-corrected chi connectivity index (χ0v) is 18.1. The number of aromatic nitrogens is 2. The average molecular weight is 465 g/mol. The molecule has 0 spiro atoms. The number of aliphatic carboxylic acids is 1. The summed E-state index contributed by atoms with van der Waals surface area (Å²) in [6.45, 7) is 1.67. The molecule has 3 aliphatic rings. The number of nitrogen functional groups attached to an aromatic ring is 1. The van der Waals surface area contributed by atoms with E-state index in [-0.39, 0.29) is 28.5 Å². The Hall–Kier alpha value is -2.93. The van der Waals surface area contributed by atoms with Gasteiger partial charge in [0.05, 0.1) is 0 Å². The number of hydrogen-bond acceptors (Lipinski definition) is 10. The third-order valence-electron chi connectivity index (χ3n) is 5.01. The summed E-state index contributed by atoms with van der Waals surface area (Å²) in [5.74, 6) is -1.91. The standard InChI is InChI=1S/C18H20N6O5S2/c1-8-7-30-16-11(15(26)24(16)12(8)17(27)28)20-14(25)10(13-21-18(19)31-23-13)22-29-9-5-3-2-4-6-9/h3,5,9,11,16H,2,4,6-7H2,1H3,(H,20,25)(H,27,28)(H2,19,21,23)/t9?,11?,16-/m0/s1. The number of carbonyl (C=O) groups is 3. The van der Waals surface area contributed by atoms with Gasteiger partial charge in [-0.05, 0) is 37.8 Å². The first kappa shape index (κ1) is 21.3. The monoisotopic (exact) mass is 464 g/mol. The second-order valence-electron chi connectivity index (χ2n) is 7.19. The molecule has 0 aromatic carbocycles. The van der Waals surface area contributed by atoms with Crippen LogP contribution >= 0.6 is 23.3 Å². The molecule has 4 rings (SSSR count). The van der Waals surface area contributed by atoms with Crippen LogP contribution in [0, 0.1) is 0 Å². The van der Waals surface area contributed by atoms with Gasteiger partial charge in [0, 0.05) is 17.3 Å². The van der Waals surface area contributed by atoms with Gasteiger partial charge in [0.15, 0.2) is 5.13 Å². The van der Waals surface area contributed by atoms with Gasteiger partial charge in [-0.2, -0.15) is 9.36 Å². The molecule has 1 fully saturated rings. The Balaban J connectivity index is 1.52. The molecule has 2 unspecified atom stereocenters. The van der Waals surface area contributed by atoms with E-state index in [0.29, 0.717) is 11.3 Å². The third-order valence-corrected chi connectivity index (χ3v) is 6.97. The Morgan fingerprint density at radius 1 is 1.45 bits per heavy atom. The van der Waals surface area contributed by atoms with Crippen LogP contribution in [0.3, 0.4) is 0 Å². The SMILES string of the molecule is CC1=C(C(=O)O)N2C(=O)C(NC(=O)C(=NOC3C=CCCC3)c3nsc(N)n3)[C@@H]2SC1. The van der Waals surface area contributed by atoms with Gasteiger partial charge in [-0.15, -0.1) is 11.8 Å². The summed E-state index contributed by atoms with van der Waals surface area (Å²) in [5.41, 5.74) is 6.02. The molecule has 0 radical (unpaired) electrons. The van der Waals surface area contributed by atoms with Crippen molar-refractivity contribution in [2.75, 3.05) is 11.5 Å². The maximum absolute atomic E-state index is 13.0. The lowest BCUT2D eigenvalue weighted by atomic mass is 10.0. The predicted octanol–water partition coefficient (Wildman–Crippen LogP) is 0.708. The molecule has 13 heteroatoms. The Morgan fingerprint density at radius 2 is 2.26 bits per heavy atom. The summed E-state index contributed by atoms with van der Waals surface area (Å²) in [6.07, 6.45) is 6.27.